The zero-order valence-electron chi connectivity index (χ0n) is 17.3. The second-order valence-corrected chi connectivity index (χ2v) is 10.0. The van der Waals surface area contributed by atoms with Crippen LogP contribution in [0.3, 0.4) is 0 Å². The van der Waals surface area contributed by atoms with Crippen LogP contribution in [0.4, 0.5) is 26.3 Å². The van der Waals surface area contributed by atoms with Crippen molar-refractivity contribution in [2.75, 3.05) is 14.2 Å². The zero-order valence-corrected chi connectivity index (χ0v) is 18.9. The van der Waals surface area contributed by atoms with E-state index in [9.17, 15) is 43.2 Å². The number of methoxy groups -OCH3 is 2. The van der Waals surface area contributed by atoms with Crippen molar-refractivity contribution >= 4 is 20.0 Å². The number of halogens is 6. The molecule has 0 unspecified atom stereocenters. The van der Waals surface area contributed by atoms with Crippen LogP contribution in [0.15, 0.2) is 48.5 Å². The average molecular weight is 536 g/mol. The Bertz CT molecular complexity index is 1090. The fourth-order valence-electron chi connectivity index (χ4n) is 2.75. The highest BCUT2D eigenvalue weighted by atomic mass is 32.2. The van der Waals surface area contributed by atoms with Crippen molar-refractivity contribution in [3.05, 3.63) is 59.7 Å². The van der Waals surface area contributed by atoms with Crippen LogP contribution in [0.5, 0.6) is 11.5 Å². The SMILES string of the molecule is COc1ccc([C@@H](NS(=O)(=O)C(F)(F)F)[C@H](NS(=O)(=O)C(F)(F)F)c2ccc(OC)cc2)cc1. The quantitative estimate of drug-likeness (QED) is 0.476. The highest BCUT2D eigenvalue weighted by Gasteiger charge is 2.51. The van der Waals surface area contributed by atoms with Gasteiger partial charge in [0.1, 0.15) is 11.5 Å². The number of rotatable bonds is 9. The molecule has 0 heterocycles. The van der Waals surface area contributed by atoms with Crippen LogP contribution >= 0.6 is 0 Å². The molecule has 2 aromatic carbocycles. The molecule has 0 bridgehead atoms. The third kappa shape index (κ3) is 6.31. The van der Waals surface area contributed by atoms with Gasteiger partial charge in [-0.2, -0.15) is 35.8 Å². The van der Waals surface area contributed by atoms with Gasteiger partial charge in [0.15, 0.2) is 0 Å². The summed E-state index contributed by atoms with van der Waals surface area (Å²) in [6.45, 7) is 0. The van der Waals surface area contributed by atoms with Gasteiger partial charge in [0.25, 0.3) is 0 Å². The minimum absolute atomic E-state index is 0.193. The summed E-state index contributed by atoms with van der Waals surface area (Å²) in [6, 6.07) is 4.76. The first kappa shape index (κ1) is 27.7. The normalized spacial score (nSPS) is 14.9. The maximum Gasteiger partial charge on any atom is 0.511 e. The average Bonchev–Trinajstić information content (AvgIpc) is 2.74. The summed E-state index contributed by atoms with van der Waals surface area (Å²) in [4.78, 5) is 0. The zero-order chi connectivity index (χ0) is 25.9. The number of alkyl halides is 6. The van der Waals surface area contributed by atoms with Gasteiger partial charge < -0.3 is 9.47 Å². The minimum Gasteiger partial charge on any atom is -0.497 e. The second kappa shape index (κ2) is 9.97. The van der Waals surface area contributed by atoms with Crippen molar-refractivity contribution in [2.24, 2.45) is 0 Å². The Kier molecular flexibility index (Phi) is 8.12. The Morgan fingerprint density at radius 1 is 0.618 bits per heavy atom. The van der Waals surface area contributed by atoms with Crippen molar-refractivity contribution in [2.45, 2.75) is 23.1 Å². The number of hydrogen-bond acceptors (Lipinski definition) is 6. The van der Waals surface area contributed by atoms with E-state index in [1.807, 2.05) is 0 Å². The molecule has 0 aromatic heterocycles. The third-order valence-corrected chi connectivity index (χ3v) is 6.80. The fourth-order valence-corrected chi connectivity index (χ4v) is 4.23. The van der Waals surface area contributed by atoms with Crippen molar-refractivity contribution in [3.63, 3.8) is 0 Å². The predicted molar refractivity (Wildman–Crippen MR) is 108 cm³/mol. The Morgan fingerprint density at radius 2 is 0.882 bits per heavy atom. The molecule has 0 fully saturated rings. The number of hydrogen-bond donors (Lipinski definition) is 2. The lowest BCUT2D eigenvalue weighted by Gasteiger charge is -2.30. The molecule has 0 radical (unpaired) electrons. The molecule has 8 nitrogen and oxygen atoms in total. The van der Waals surface area contributed by atoms with E-state index in [4.69, 9.17) is 9.47 Å². The molecule has 0 saturated heterocycles. The van der Waals surface area contributed by atoms with E-state index in [0.717, 1.165) is 24.3 Å². The van der Waals surface area contributed by atoms with Crippen LogP contribution in [0.25, 0.3) is 0 Å². The molecule has 34 heavy (non-hydrogen) atoms. The molecule has 0 spiro atoms. The summed E-state index contributed by atoms with van der Waals surface area (Å²) < 4.78 is 139. The highest BCUT2D eigenvalue weighted by molar-refractivity contribution is 7.90. The molecule has 0 aliphatic heterocycles. The van der Waals surface area contributed by atoms with Gasteiger partial charge in [0, 0.05) is 0 Å². The van der Waals surface area contributed by atoms with Gasteiger partial charge in [-0.3, -0.25) is 0 Å². The molecule has 190 valence electrons. The van der Waals surface area contributed by atoms with Crippen molar-refractivity contribution in [1.29, 1.82) is 0 Å². The highest BCUT2D eigenvalue weighted by Crippen LogP contribution is 2.36. The molecular weight excluding hydrogens is 518 g/mol. The largest absolute Gasteiger partial charge is 0.511 e. The molecule has 2 atom stereocenters. The van der Waals surface area contributed by atoms with E-state index < -0.39 is 43.1 Å². The van der Waals surface area contributed by atoms with Crippen molar-refractivity contribution in [3.8, 4) is 11.5 Å². The fraction of sp³-hybridized carbons (Fsp3) is 0.333. The summed E-state index contributed by atoms with van der Waals surface area (Å²) in [6.07, 6.45) is 0. The second-order valence-electron chi connectivity index (χ2n) is 6.64. The van der Waals surface area contributed by atoms with Crippen LogP contribution in [0.2, 0.25) is 0 Å². The van der Waals surface area contributed by atoms with Gasteiger partial charge in [-0.1, -0.05) is 24.3 Å². The number of sulfonamides is 2. The van der Waals surface area contributed by atoms with Crippen LogP contribution in [-0.2, 0) is 20.0 Å². The lowest BCUT2D eigenvalue weighted by atomic mass is 9.95. The summed E-state index contributed by atoms with van der Waals surface area (Å²) >= 11 is 0. The van der Waals surface area contributed by atoms with E-state index in [1.165, 1.54) is 47.9 Å². The Balaban J connectivity index is 2.73. The molecule has 0 aliphatic carbocycles. The van der Waals surface area contributed by atoms with Gasteiger partial charge in [0.2, 0.25) is 0 Å². The number of benzene rings is 2. The smallest absolute Gasteiger partial charge is 0.497 e. The van der Waals surface area contributed by atoms with Gasteiger partial charge in [-0.25, -0.2) is 16.8 Å². The molecule has 0 aliphatic rings. The summed E-state index contributed by atoms with van der Waals surface area (Å²) in [5.41, 5.74) is -12.3. The standard InChI is InChI=1S/C18H18F6N2O6S2/c1-31-13-7-3-11(4-8-13)15(25-33(27,28)17(19,20)21)16(26-34(29,30)18(22,23)24)12-5-9-14(32-2)10-6-12/h3-10,15-16,25-26H,1-2H3/t15-,16-/m1/s1. The molecule has 2 N–H and O–H groups in total. The predicted octanol–water partition coefficient (Wildman–Crippen LogP) is 3.36. The molecule has 2 aromatic rings. The summed E-state index contributed by atoms with van der Waals surface area (Å²) in [5, 5.41) is 0. The van der Waals surface area contributed by atoms with E-state index in [0.29, 0.717) is 0 Å². The lowest BCUT2D eigenvalue weighted by molar-refractivity contribution is -0.0465. The van der Waals surface area contributed by atoms with Crippen LogP contribution in [0, 0.1) is 0 Å². The molecule has 2 rings (SSSR count). The maximum atomic E-state index is 13.1. The molecule has 16 heteroatoms. The minimum atomic E-state index is -6.14. The maximum absolute atomic E-state index is 13.1. The van der Waals surface area contributed by atoms with Gasteiger partial charge in [-0.05, 0) is 35.4 Å². The first-order chi connectivity index (χ1) is 15.5. The summed E-state index contributed by atoms with van der Waals surface area (Å²) in [5.74, 6) is 0.385. The first-order valence-electron chi connectivity index (χ1n) is 8.97. The topological polar surface area (TPSA) is 111 Å². The third-order valence-electron chi connectivity index (χ3n) is 4.46. The van der Waals surface area contributed by atoms with E-state index in [1.54, 1.807) is 0 Å². The Hall–Kier alpha value is -2.56. The Labute approximate surface area is 191 Å². The lowest BCUT2D eigenvalue weighted by Crippen LogP contribution is -2.47. The summed E-state index contributed by atoms with van der Waals surface area (Å²) in [7, 11) is -9.76. The van der Waals surface area contributed by atoms with E-state index in [-0.39, 0.29) is 22.6 Å². The van der Waals surface area contributed by atoms with Gasteiger partial charge in [-0.15, -0.1) is 0 Å². The van der Waals surface area contributed by atoms with E-state index in [2.05, 4.69) is 0 Å². The molecule has 0 saturated carbocycles. The molecule has 0 amide bonds. The number of nitrogens with one attached hydrogen (secondary N) is 2. The van der Waals surface area contributed by atoms with Crippen LogP contribution < -0.4 is 18.9 Å². The van der Waals surface area contributed by atoms with E-state index >= 15 is 0 Å². The van der Waals surface area contributed by atoms with Gasteiger partial charge >= 0.3 is 31.1 Å². The first-order valence-corrected chi connectivity index (χ1v) is 11.9. The number of ether oxygens (including phenoxy) is 2. The molecular formula is C18H18F6N2O6S2. The van der Waals surface area contributed by atoms with Crippen LogP contribution in [0.1, 0.15) is 23.2 Å². The van der Waals surface area contributed by atoms with Crippen molar-refractivity contribution in [1.82, 2.24) is 9.44 Å². The van der Waals surface area contributed by atoms with Crippen LogP contribution in [-0.4, -0.2) is 42.1 Å². The Morgan fingerprint density at radius 3 is 1.09 bits per heavy atom. The monoisotopic (exact) mass is 536 g/mol. The van der Waals surface area contributed by atoms with Crippen molar-refractivity contribution < 1.29 is 52.7 Å². The van der Waals surface area contributed by atoms with Gasteiger partial charge in [0.05, 0.1) is 26.3 Å².